The van der Waals surface area contributed by atoms with Gasteiger partial charge in [-0.15, -0.1) is 0 Å². The Balaban J connectivity index is 1.29. The Morgan fingerprint density at radius 1 is 0.628 bits per heavy atom. The first-order valence-electron chi connectivity index (χ1n) is 14.9. The van der Waals surface area contributed by atoms with Gasteiger partial charge in [-0.05, 0) is 89.8 Å². The molecule has 4 rings (SSSR count). The number of carboxylic acids is 2. The molecule has 0 heterocycles. The van der Waals surface area contributed by atoms with Crippen molar-refractivity contribution in [3.05, 3.63) is 114 Å². The van der Waals surface area contributed by atoms with E-state index in [0.717, 1.165) is 54.4 Å². The largest absolute Gasteiger partial charge is 0.493 e. The molecule has 5 nitrogen and oxygen atoms in total. The first kappa shape index (κ1) is 31.1. The zero-order valence-corrected chi connectivity index (χ0v) is 24.4. The van der Waals surface area contributed by atoms with E-state index in [-0.39, 0.29) is 19.4 Å². The van der Waals surface area contributed by atoms with Crippen LogP contribution in [0.2, 0.25) is 0 Å². The standard InChI is InChI=1S/C38H38O5/c39-37(40)23-12-26-43-36-22-11-18-31(35(36)24-25-38(41)42)17-6-3-1-2-5-13-29-14-9-19-32(27-29)34-21-10-20-33(28-34)30-15-7-4-8-16-30/h4,7-11,14-16,18-22,27-28H,1-3,6,12,17,23-26H2,(H,39,40)(H,41,42). The van der Waals surface area contributed by atoms with Crippen LogP contribution in [-0.2, 0) is 22.4 Å². The van der Waals surface area contributed by atoms with Crippen molar-refractivity contribution in [1.29, 1.82) is 0 Å². The minimum absolute atomic E-state index is 0.0255. The number of benzene rings is 4. The van der Waals surface area contributed by atoms with Gasteiger partial charge in [-0.25, -0.2) is 0 Å². The zero-order chi connectivity index (χ0) is 30.3. The lowest BCUT2D eigenvalue weighted by Crippen LogP contribution is -2.07. The van der Waals surface area contributed by atoms with Crippen molar-refractivity contribution < 1.29 is 24.5 Å². The van der Waals surface area contributed by atoms with Crippen LogP contribution in [0.15, 0.2) is 97.1 Å². The molecule has 0 bridgehead atoms. The normalized spacial score (nSPS) is 10.5. The fourth-order valence-electron chi connectivity index (χ4n) is 5.06. The molecule has 5 heteroatoms. The highest BCUT2D eigenvalue weighted by atomic mass is 16.5. The van der Waals surface area contributed by atoms with Gasteiger partial charge >= 0.3 is 11.9 Å². The van der Waals surface area contributed by atoms with Gasteiger partial charge in [-0.2, -0.15) is 0 Å². The monoisotopic (exact) mass is 574 g/mol. The molecule has 0 saturated heterocycles. The van der Waals surface area contributed by atoms with Gasteiger partial charge in [0.15, 0.2) is 0 Å². The molecule has 0 aromatic heterocycles. The maximum atomic E-state index is 11.2. The SMILES string of the molecule is O=C(O)CCCOc1cccc(CCCCCC#Cc2cccc(-c3cccc(-c4ccccc4)c3)c2)c1CCC(=O)O. The minimum atomic E-state index is -0.855. The molecule has 0 aliphatic heterocycles. The van der Waals surface area contributed by atoms with Crippen molar-refractivity contribution in [3.63, 3.8) is 0 Å². The van der Waals surface area contributed by atoms with Crippen molar-refractivity contribution in [2.75, 3.05) is 6.61 Å². The van der Waals surface area contributed by atoms with Gasteiger partial charge in [-0.3, -0.25) is 9.59 Å². The van der Waals surface area contributed by atoms with E-state index in [1.807, 2.05) is 30.3 Å². The molecule has 0 aliphatic carbocycles. The molecule has 0 saturated carbocycles. The minimum Gasteiger partial charge on any atom is -0.493 e. The van der Waals surface area contributed by atoms with Crippen molar-refractivity contribution in [1.82, 2.24) is 0 Å². The molecular weight excluding hydrogens is 536 g/mol. The van der Waals surface area contributed by atoms with Crippen molar-refractivity contribution in [3.8, 4) is 39.8 Å². The van der Waals surface area contributed by atoms with Crippen LogP contribution < -0.4 is 4.74 Å². The number of unbranched alkanes of at least 4 members (excludes halogenated alkanes) is 3. The Morgan fingerprint density at radius 2 is 1.30 bits per heavy atom. The van der Waals surface area contributed by atoms with Crippen LogP contribution in [0, 0.1) is 11.8 Å². The summed E-state index contributed by atoms with van der Waals surface area (Å²) in [6, 6.07) is 33.1. The lowest BCUT2D eigenvalue weighted by Gasteiger charge is -2.15. The fourth-order valence-corrected chi connectivity index (χ4v) is 5.06. The molecular formula is C38H38O5. The second kappa shape index (κ2) is 16.6. The Hall–Kier alpha value is -4.82. The first-order chi connectivity index (χ1) is 21.0. The number of rotatable bonds is 15. The Kier molecular flexibility index (Phi) is 12.0. The molecule has 2 N–H and O–H groups in total. The molecule has 0 unspecified atom stereocenters. The number of hydrogen-bond donors (Lipinski definition) is 2. The molecule has 4 aromatic rings. The molecule has 0 spiro atoms. The number of ether oxygens (including phenoxy) is 1. The van der Waals surface area contributed by atoms with E-state index in [1.54, 1.807) is 0 Å². The van der Waals surface area contributed by atoms with Crippen molar-refractivity contribution >= 4 is 11.9 Å². The summed E-state index contributed by atoms with van der Waals surface area (Å²) in [4.78, 5) is 22.0. The Labute approximate surface area is 254 Å². The molecule has 43 heavy (non-hydrogen) atoms. The lowest BCUT2D eigenvalue weighted by molar-refractivity contribution is -0.138. The van der Waals surface area contributed by atoms with Gasteiger partial charge in [0, 0.05) is 24.8 Å². The topological polar surface area (TPSA) is 83.8 Å². The van der Waals surface area contributed by atoms with Crippen molar-refractivity contribution in [2.24, 2.45) is 0 Å². The molecule has 0 amide bonds. The predicted molar refractivity (Wildman–Crippen MR) is 171 cm³/mol. The summed E-state index contributed by atoms with van der Waals surface area (Å²) in [5.41, 5.74) is 7.72. The third kappa shape index (κ3) is 10.2. The Morgan fingerprint density at radius 3 is 2.07 bits per heavy atom. The summed E-state index contributed by atoms with van der Waals surface area (Å²) in [6.45, 7) is 0.289. The van der Waals surface area contributed by atoms with Gasteiger partial charge in [0.25, 0.3) is 0 Å². The maximum Gasteiger partial charge on any atom is 0.303 e. The number of carboxylic acid groups (broad SMARTS) is 2. The van der Waals surface area contributed by atoms with Gasteiger partial charge < -0.3 is 14.9 Å². The summed E-state index contributed by atoms with van der Waals surface area (Å²) >= 11 is 0. The van der Waals surface area contributed by atoms with Crippen molar-refractivity contribution in [2.45, 2.75) is 57.8 Å². The first-order valence-corrected chi connectivity index (χ1v) is 14.9. The van der Waals surface area contributed by atoms with Gasteiger partial charge in [0.1, 0.15) is 5.75 Å². The highest BCUT2D eigenvalue weighted by molar-refractivity contribution is 5.73. The van der Waals surface area contributed by atoms with E-state index >= 15 is 0 Å². The smallest absolute Gasteiger partial charge is 0.303 e. The number of carbonyl (C=O) groups is 2. The zero-order valence-electron chi connectivity index (χ0n) is 24.4. The summed E-state index contributed by atoms with van der Waals surface area (Å²) in [6.07, 6.45) is 5.48. The average molecular weight is 575 g/mol. The van der Waals surface area contributed by atoms with Crippen LogP contribution >= 0.6 is 0 Å². The van der Waals surface area contributed by atoms with Crippen LogP contribution in [0.4, 0.5) is 0 Å². The predicted octanol–water partition coefficient (Wildman–Crippen LogP) is 8.44. The van der Waals surface area contributed by atoms with E-state index in [4.69, 9.17) is 9.84 Å². The number of hydrogen-bond acceptors (Lipinski definition) is 3. The number of aryl methyl sites for hydroxylation is 1. The van der Waals surface area contributed by atoms with Crippen LogP contribution in [0.1, 0.15) is 61.6 Å². The second-order valence-corrected chi connectivity index (χ2v) is 10.5. The Bertz CT molecular complexity index is 1560. The van der Waals surface area contributed by atoms with Crippen LogP contribution in [0.3, 0.4) is 0 Å². The maximum absolute atomic E-state index is 11.2. The second-order valence-electron chi connectivity index (χ2n) is 10.5. The van der Waals surface area contributed by atoms with E-state index in [0.29, 0.717) is 18.6 Å². The van der Waals surface area contributed by atoms with Crippen LogP contribution in [-0.4, -0.2) is 28.8 Å². The molecule has 0 fully saturated rings. The van der Waals surface area contributed by atoms with E-state index in [1.165, 1.54) is 16.7 Å². The third-order valence-electron chi connectivity index (χ3n) is 7.26. The summed E-state index contributed by atoms with van der Waals surface area (Å²) in [5, 5.41) is 18.1. The fraction of sp³-hybridized carbons (Fsp3) is 0.263. The third-order valence-corrected chi connectivity index (χ3v) is 7.26. The summed E-state index contributed by atoms with van der Waals surface area (Å²) < 4.78 is 5.85. The van der Waals surface area contributed by atoms with Crippen LogP contribution in [0.5, 0.6) is 5.75 Å². The summed E-state index contributed by atoms with van der Waals surface area (Å²) in [7, 11) is 0. The van der Waals surface area contributed by atoms with Gasteiger partial charge in [0.2, 0.25) is 0 Å². The van der Waals surface area contributed by atoms with E-state index < -0.39 is 11.9 Å². The quantitative estimate of drug-likeness (QED) is 0.110. The molecule has 0 aliphatic rings. The van der Waals surface area contributed by atoms with Gasteiger partial charge in [-0.1, -0.05) is 91.1 Å². The summed E-state index contributed by atoms with van der Waals surface area (Å²) in [5.74, 6) is 5.61. The highest BCUT2D eigenvalue weighted by Crippen LogP contribution is 2.28. The average Bonchev–Trinajstić information content (AvgIpc) is 3.02. The molecule has 4 aromatic carbocycles. The molecule has 220 valence electrons. The lowest BCUT2D eigenvalue weighted by atomic mass is 9.96. The van der Waals surface area contributed by atoms with E-state index in [2.05, 4.69) is 78.6 Å². The molecule has 0 radical (unpaired) electrons. The molecule has 0 atom stereocenters. The number of aliphatic carboxylic acids is 2. The van der Waals surface area contributed by atoms with Crippen LogP contribution in [0.25, 0.3) is 22.3 Å². The van der Waals surface area contributed by atoms with E-state index in [9.17, 15) is 14.7 Å². The highest BCUT2D eigenvalue weighted by Gasteiger charge is 2.12. The van der Waals surface area contributed by atoms with Gasteiger partial charge in [0.05, 0.1) is 6.61 Å².